The van der Waals surface area contributed by atoms with Crippen molar-refractivity contribution in [2.75, 3.05) is 26.2 Å². The van der Waals surface area contributed by atoms with Gasteiger partial charge in [0, 0.05) is 25.0 Å². The number of amides is 1. The summed E-state index contributed by atoms with van der Waals surface area (Å²) in [6, 6.07) is 9.42. The second kappa shape index (κ2) is 5.54. The summed E-state index contributed by atoms with van der Waals surface area (Å²) in [6.07, 6.45) is 1.75. The van der Waals surface area contributed by atoms with Gasteiger partial charge in [-0.2, -0.15) is 0 Å². The predicted octanol–water partition coefficient (Wildman–Crippen LogP) is 1.32. The van der Waals surface area contributed by atoms with Crippen LogP contribution in [0.5, 0.6) is 0 Å². The number of likely N-dealkylation sites (tertiary alicyclic amines) is 1. The molecule has 4 nitrogen and oxygen atoms in total. The molecule has 2 atom stereocenters. The number of rotatable bonds is 3. The van der Waals surface area contributed by atoms with Gasteiger partial charge in [-0.05, 0) is 24.9 Å². The maximum atomic E-state index is 12.3. The largest absolute Gasteiger partial charge is 0.388 e. The van der Waals surface area contributed by atoms with Crippen LogP contribution in [0, 0.1) is 5.41 Å². The summed E-state index contributed by atoms with van der Waals surface area (Å²) in [7, 11) is 0. The van der Waals surface area contributed by atoms with E-state index < -0.39 is 6.10 Å². The third kappa shape index (κ3) is 2.72. The molecule has 0 saturated carbocycles. The van der Waals surface area contributed by atoms with Gasteiger partial charge in [0.2, 0.25) is 5.91 Å². The molecule has 0 aromatic heterocycles. The smallest absolute Gasteiger partial charge is 0.225 e. The summed E-state index contributed by atoms with van der Waals surface area (Å²) in [5.74, 6) is 0.0742. The number of carbonyl (C=O) groups excluding carboxylic acids is 1. The van der Waals surface area contributed by atoms with E-state index in [0.29, 0.717) is 5.41 Å². The van der Waals surface area contributed by atoms with Crippen LogP contribution >= 0.6 is 0 Å². The van der Waals surface area contributed by atoms with E-state index >= 15 is 0 Å². The van der Waals surface area contributed by atoms with Gasteiger partial charge >= 0.3 is 0 Å². The van der Waals surface area contributed by atoms with Gasteiger partial charge in [0.25, 0.3) is 0 Å². The van der Waals surface area contributed by atoms with Crippen LogP contribution in [0.3, 0.4) is 0 Å². The highest BCUT2D eigenvalue weighted by atomic mass is 16.3. The zero-order chi connectivity index (χ0) is 14.0. The first kappa shape index (κ1) is 13.6. The molecule has 108 valence electrons. The van der Waals surface area contributed by atoms with Gasteiger partial charge in [-0.3, -0.25) is 4.79 Å². The van der Waals surface area contributed by atoms with Crippen molar-refractivity contribution < 1.29 is 9.90 Å². The fourth-order valence-corrected chi connectivity index (χ4v) is 3.38. The Labute approximate surface area is 119 Å². The van der Waals surface area contributed by atoms with Gasteiger partial charge in [0.15, 0.2) is 0 Å². The lowest BCUT2D eigenvalue weighted by Gasteiger charge is -2.23. The molecule has 1 amide bonds. The van der Waals surface area contributed by atoms with Crippen molar-refractivity contribution in [1.82, 2.24) is 10.2 Å². The number of aliphatic hydroxyl groups excluding tert-OH is 1. The van der Waals surface area contributed by atoms with E-state index in [2.05, 4.69) is 5.32 Å². The Bertz CT molecular complexity index is 469. The highest BCUT2D eigenvalue weighted by Crippen LogP contribution is 2.36. The molecule has 1 aromatic carbocycles. The average Bonchev–Trinajstić information content (AvgIpc) is 3.10. The lowest BCUT2D eigenvalue weighted by molar-refractivity contribution is -0.132. The van der Waals surface area contributed by atoms with Crippen molar-refractivity contribution >= 4 is 5.91 Å². The van der Waals surface area contributed by atoms with E-state index in [1.54, 1.807) is 0 Å². The maximum Gasteiger partial charge on any atom is 0.225 e. The van der Waals surface area contributed by atoms with Crippen molar-refractivity contribution in [2.24, 2.45) is 5.41 Å². The van der Waals surface area contributed by atoms with Crippen molar-refractivity contribution in [1.29, 1.82) is 0 Å². The van der Waals surface area contributed by atoms with Crippen molar-refractivity contribution in [3.63, 3.8) is 0 Å². The van der Waals surface area contributed by atoms with Gasteiger partial charge < -0.3 is 15.3 Å². The first-order valence-corrected chi connectivity index (χ1v) is 7.40. The zero-order valence-corrected chi connectivity index (χ0v) is 11.7. The van der Waals surface area contributed by atoms with Gasteiger partial charge in [-0.25, -0.2) is 0 Å². The van der Waals surface area contributed by atoms with E-state index in [1.165, 1.54) is 0 Å². The molecule has 0 bridgehead atoms. The molecule has 2 N–H and O–H groups in total. The Morgan fingerprint density at radius 1 is 1.35 bits per heavy atom. The number of carbonyl (C=O) groups is 1. The number of benzene rings is 1. The Morgan fingerprint density at radius 3 is 2.85 bits per heavy atom. The predicted molar refractivity (Wildman–Crippen MR) is 77.1 cm³/mol. The number of hydrogen-bond donors (Lipinski definition) is 2. The third-order valence-electron chi connectivity index (χ3n) is 4.68. The van der Waals surface area contributed by atoms with Crippen LogP contribution in [-0.4, -0.2) is 42.1 Å². The summed E-state index contributed by atoms with van der Waals surface area (Å²) in [5, 5.41) is 13.5. The lowest BCUT2D eigenvalue weighted by atomic mass is 9.86. The summed E-state index contributed by atoms with van der Waals surface area (Å²) in [4.78, 5) is 14.2. The minimum atomic E-state index is -0.693. The third-order valence-corrected chi connectivity index (χ3v) is 4.68. The normalized spacial score (nSPS) is 27.1. The zero-order valence-electron chi connectivity index (χ0n) is 11.7. The second-order valence-electron chi connectivity index (χ2n) is 6.12. The molecule has 0 radical (unpaired) electrons. The molecule has 2 saturated heterocycles. The summed E-state index contributed by atoms with van der Waals surface area (Å²) in [6.45, 7) is 3.77. The van der Waals surface area contributed by atoms with Gasteiger partial charge in [0.05, 0.1) is 12.5 Å². The van der Waals surface area contributed by atoms with Crippen LogP contribution in [-0.2, 0) is 4.79 Å². The van der Waals surface area contributed by atoms with E-state index in [4.69, 9.17) is 0 Å². The molecule has 20 heavy (non-hydrogen) atoms. The Morgan fingerprint density at radius 2 is 2.15 bits per heavy atom. The quantitative estimate of drug-likeness (QED) is 0.874. The van der Waals surface area contributed by atoms with Gasteiger partial charge in [-0.1, -0.05) is 30.3 Å². The molecular weight excluding hydrogens is 252 g/mol. The maximum absolute atomic E-state index is 12.3. The number of hydrogen-bond acceptors (Lipinski definition) is 3. The molecule has 2 fully saturated rings. The van der Waals surface area contributed by atoms with E-state index in [-0.39, 0.29) is 12.3 Å². The Kier molecular flexibility index (Phi) is 3.76. The minimum Gasteiger partial charge on any atom is -0.388 e. The van der Waals surface area contributed by atoms with Crippen molar-refractivity contribution in [3.05, 3.63) is 35.9 Å². The summed E-state index contributed by atoms with van der Waals surface area (Å²) < 4.78 is 0. The van der Waals surface area contributed by atoms with Crippen LogP contribution in [0.4, 0.5) is 0 Å². The summed E-state index contributed by atoms with van der Waals surface area (Å²) >= 11 is 0. The molecule has 1 aromatic rings. The topological polar surface area (TPSA) is 52.6 Å². The molecular formula is C16H22N2O2. The summed E-state index contributed by atoms with van der Waals surface area (Å²) in [5.41, 5.74) is 1.12. The van der Waals surface area contributed by atoms with Crippen LogP contribution in [0.1, 0.15) is 30.9 Å². The molecule has 0 aliphatic carbocycles. The van der Waals surface area contributed by atoms with Crippen molar-refractivity contribution in [3.8, 4) is 0 Å². The first-order chi connectivity index (χ1) is 9.69. The fourth-order valence-electron chi connectivity index (χ4n) is 3.38. The number of aliphatic hydroxyl groups is 1. The average molecular weight is 274 g/mol. The van der Waals surface area contributed by atoms with E-state index in [0.717, 1.165) is 44.6 Å². The van der Waals surface area contributed by atoms with Crippen LogP contribution in [0.25, 0.3) is 0 Å². The highest BCUT2D eigenvalue weighted by Gasteiger charge is 2.41. The molecule has 2 aliphatic rings. The highest BCUT2D eigenvalue weighted by molar-refractivity contribution is 5.77. The molecule has 4 heteroatoms. The minimum absolute atomic E-state index is 0.0742. The standard InChI is InChI=1S/C16H22N2O2/c19-14(13-4-2-1-3-5-13)10-15(20)18-9-7-16(12-18)6-8-17-11-16/h1-5,14,17,19H,6-12H2. The molecule has 3 rings (SSSR count). The number of nitrogens with zero attached hydrogens (tertiary/aromatic N) is 1. The van der Waals surface area contributed by atoms with Crippen LogP contribution in [0.15, 0.2) is 30.3 Å². The molecule has 2 unspecified atom stereocenters. The Hall–Kier alpha value is -1.39. The molecule has 1 spiro atoms. The van der Waals surface area contributed by atoms with Crippen molar-refractivity contribution in [2.45, 2.75) is 25.4 Å². The van der Waals surface area contributed by atoms with E-state index in [9.17, 15) is 9.90 Å². The number of nitrogens with one attached hydrogen (secondary N) is 1. The Balaban J connectivity index is 1.57. The van der Waals surface area contributed by atoms with Gasteiger partial charge in [0.1, 0.15) is 0 Å². The van der Waals surface area contributed by atoms with Gasteiger partial charge in [-0.15, -0.1) is 0 Å². The van der Waals surface area contributed by atoms with Crippen LogP contribution in [0.2, 0.25) is 0 Å². The monoisotopic (exact) mass is 274 g/mol. The van der Waals surface area contributed by atoms with Crippen LogP contribution < -0.4 is 5.32 Å². The first-order valence-electron chi connectivity index (χ1n) is 7.40. The fraction of sp³-hybridized carbons (Fsp3) is 0.562. The van der Waals surface area contributed by atoms with E-state index in [1.807, 2.05) is 35.2 Å². The lowest BCUT2D eigenvalue weighted by Crippen LogP contribution is -2.33. The molecule has 2 heterocycles. The molecule has 2 aliphatic heterocycles. The SMILES string of the molecule is O=C(CC(O)c1ccccc1)N1CCC2(CCNC2)C1. The second-order valence-corrected chi connectivity index (χ2v) is 6.12.